The van der Waals surface area contributed by atoms with Gasteiger partial charge in [0.2, 0.25) is 10.0 Å². The molecular weight excluding hydrogens is 300 g/mol. The van der Waals surface area contributed by atoms with Crippen LogP contribution in [0.2, 0.25) is 0 Å². The fraction of sp³-hybridized carbons (Fsp3) is 0.538. The normalized spacial score (nSPS) is 12.3. The highest BCUT2D eigenvalue weighted by Gasteiger charge is 2.26. The Balaban J connectivity index is 0.00000361. The van der Waals surface area contributed by atoms with Gasteiger partial charge in [0.05, 0.1) is 0 Å². The predicted molar refractivity (Wildman–Crippen MR) is 82.8 cm³/mol. The number of rotatable bonds is 3. The van der Waals surface area contributed by atoms with E-state index >= 15 is 0 Å². The molecule has 0 aromatic heterocycles. The molecular formula is C13H23ClN2O3S. The molecule has 1 aromatic rings. The molecule has 0 bridgehead atoms. The van der Waals surface area contributed by atoms with Gasteiger partial charge in [0, 0.05) is 26.2 Å². The van der Waals surface area contributed by atoms with Crippen molar-refractivity contribution in [3.05, 3.63) is 23.3 Å². The maximum absolute atomic E-state index is 12.2. The lowest BCUT2D eigenvalue weighted by Gasteiger charge is -2.23. The van der Waals surface area contributed by atoms with Gasteiger partial charge >= 0.3 is 0 Å². The zero-order valence-electron chi connectivity index (χ0n) is 12.5. The minimum atomic E-state index is -3.70. The largest absolute Gasteiger partial charge is 0.506 e. The Morgan fingerprint density at radius 1 is 1.25 bits per heavy atom. The van der Waals surface area contributed by atoms with E-state index in [9.17, 15) is 13.5 Å². The topological polar surface area (TPSA) is 83.6 Å². The van der Waals surface area contributed by atoms with Gasteiger partial charge in [0.15, 0.2) is 0 Å². The van der Waals surface area contributed by atoms with Crippen LogP contribution in [0.1, 0.15) is 31.9 Å². The van der Waals surface area contributed by atoms with Gasteiger partial charge < -0.3 is 10.8 Å². The SMILES string of the molecule is CN(C)S(=O)(=O)c1cc(C(C)(C)C)cc(CN)c1O.Cl. The molecule has 0 saturated carbocycles. The third-order valence-corrected chi connectivity index (χ3v) is 4.83. The number of phenols is 1. The average molecular weight is 323 g/mol. The van der Waals surface area contributed by atoms with Gasteiger partial charge in [0.25, 0.3) is 0 Å². The van der Waals surface area contributed by atoms with E-state index in [-0.39, 0.29) is 35.0 Å². The van der Waals surface area contributed by atoms with E-state index in [2.05, 4.69) is 0 Å². The van der Waals surface area contributed by atoms with Gasteiger partial charge in [-0.2, -0.15) is 0 Å². The molecule has 5 nitrogen and oxygen atoms in total. The maximum atomic E-state index is 12.2. The molecule has 1 aromatic carbocycles. The van der Waals surface area contributed by atoms with Crippen molar-refractivity contribution in [2.75, 3.05) is 14.1 Å². The van der Waals surface area contributed by atoms with Crippen LogP contribution in [0.3, 0.4) is 0 Å². The Morgan fingerprint density at radius 2 is 1.75 bits per heavy atom. The quantitative estimate of drug-likeness (QED) is 0.889. The smallest absolute Gasteiger partial charge is 0.246 e. The van der Waals surface area contributed by atoms with Crippen LogP contribution in [-0.2, 0) is 22.0 Å². The molecule has 0 radical (unpaired) electrons. The number of hydrogen-bond acceptors (Lipinski definition) is 4. The Kier molecular flexibility index (Phi) is 6.04. The minimum Gasteiger partial charge on any atom is -0.506 e. The zero-order valence-corrected chi connectivity index (χ0v) is 14.1. The summed E-state index contributed by atoms with van der Waals surface area (Å²) in [5.41, 5.74) is 6.62. The number of sulfonamides is 1. The summed E-state index contributed by atoms with van der Waals surface area (Å²) in [7, 11) is -0.833. The summed E-state index contributed by atoms with van der Waals surface area (Å²) in [6.45, 7) is 6.02. The fourth-order valence-electron chi connectivity index (χ4n) is 1.65. The highest BCUT2D eigenvalue weighted by molar-refractivity contribution is 7.89. The molecule has 0 aliphatic heterocycles. The molecule has 0 unspecified atom stereocenters. The van der Waals surface area contributed by atoms with E-state index in [1.807, 2.05) is 20.8 Å². The molecule has 0 spiro atoms. The zero-order chi connectivity index (χ0) is 15.0. The summed E-state index contributed by atoms with van der Waals surface area (Å²) in [5, 5.41) is 10.1. The molecule has 0 amide bonds. The van der Waals surface area contributed by atoms with Gasteiger partial charge in [0.1, 0.15) is 10.6 Å². The second-order valence-corrected chi connectivity index (χ2v) is 7.84. The van der Waals surface area contributed by atoms with E-state index in [0.717, 1.165) is 9.87 Å². The van der Waals surface area contributed by atoms with Crippen LogP contribution in [0.5, 0.6) is 5.75 Å². The first-order valence-electron chi connectivity index (χ1n) is 6.00. The number of benzene rings is 1. The molecule has 3 N–H and O–H groups in total. The monoisotopic (exact) mass is 322 g/mol. The standard InChI is InChI=1S/C13H22N2O3S.ClH/c1-13(2,3)10-6-9(8-14)12(16)11(7-10)19(17,18)15(4)5;/h6-7,16H,8,14H2,1-5H3;1H. The predicted octanol–water partition coefficient (Wildman–Crippen LogP) is 1.82. The molecule has 1 rings (SSSR count). The van der Waals surface area contributed by atoms with Gasteiger partial charge in [-0.3, -0.25) is 0 Å². The number of aromatic hydroxyl groups is 1. The number of nitrogens with zero attached hydrogens (tertiary/aromatic N) is 1. The van der Waals surface area contributed by atoms with Crippen molar-refractivity contribution in [2.24, 2.45) is 5.73 Å². The first kappa shape index (κ1) is 19.2. The van der Waals surface area contributed by atoms with Crippen molar-refractivity contribution in [3.8, 4) is 5.75 Å². The summed E-state index contributed by atoms with van der Waals surface area (Å²) in [5.74, 6) is -0.260. The number of halogens is 1. The molecule has 0 saturated heterocycles. The molecule has 0 heterocycles. The van der Waals surface area contributed by atoms with Gasteiger partial charge in [-0.25, -0.2) is 12.7 Å². The molecule has 0 atom stereocenters. The second-order valence-electron chi connectivity index (χ2n) is 5.72. The van der Waals surface area contributed by atoms with Gasteiger partial charge in [-0.1, -0.05) is 26.8 Å². The van der Waals surface area contributed by atoms with Crippen molar-refractivity contribution in [2.45, 2.75) is 37.6 Å². The Hall–Kier alpha value is -0.820. The first-order valence-corrected chi connectivity index (χ1v) is 7.44. The molecule has 0 fully saturated rings. The third-order valence-electron chi connectivity index (χ3n) is 3.00. The summed E-state index contributed by atoms with van der Waals surface area (Å²) < 4.78 is 25.5. The number of phenolic OH excluding ortho intramolecular Hbond substituents is 1. The van der Waals surface area contributed by atoms with Crippen LogP contribution in [-0.4, -0.2) is 31.9 Å². The van der Waals surface area contributed by atoms with Crippen molar-refractivity contribution in [1.82, 2.24) is 4.31 Å². The summed E-state index contributed by atoms with van der Waals surface area (Å²) in [4.78, 5) is -0.0922. The lowest BCUT2D eigenvalue weighted by Crippen LogP contribution is -2.24. The van der Waals surface area contributed by atoms with Gasteiger partial charge in [-0.05, 0) is 17.0 Å². The Labute approximate surface area is 127 Å². The van der Waals surface area contributed by atoms with Crippen LogP contribution in [0, 0.1) is 0 Å². The second kappa shape index (κ2) is 6.30. The van der Waals surface area contributed by atoms with Crippen molar-refractivity contribution in [1.29, 1.82) is 0 Å². The van der Waals surface area contributed by atoms with Crippen LogP contribution >= 0.6 is 12.4 Å². The third kappa shape index (κ3) is 3.63. The van der Waals surface area contributed by atoms with Crippen molar-refractivity contribution < 1.29 is 13.5 Å². The summed E-state index contributed by atoms with van der Waals surface area (Å²) in [6, 6.07) is 3.27. The lowest BCUT2D eigenvalue weighted by atomic mass is 9.86. The molecule has 0 aliphatic rings. The summed E-state index contributed by atoms with van der Waals surface area (Å²) >= 11 is 0. The van der Waals surface area contributed by atoms with E-state index in [0.29, 0.717) is 5.56 Å². The highest BCUT2D eigenvalue weighted by atomic mass is 35.5. The highest BCUT2D eigenvalue weighted by Crippen LogP contribution is 2.34. The van der Waals surface area contributed by atoms with E-state index in [1.54, 1.807) is 6.07 Å². The molecule has 0 aliphatic carbocycles. The van der Waals surface area contributed by atoms with Crippen LogP contribution < -0.4 is 5.73 Å². The minimum absolute atomic E-state index is 0. The number of hydrogen-bond donors (Lipinski definition) is 2. The van der Waals surface area contributed by atoms with Crippen LogP contribution in [0.4, 0.5) is 0 Å². The summed E-state index contributed by atoms with van der Waals surface area (Å²) in [6.07, 6.45) is 0. The van der Waals surface area contributed by atoms with E-state index in [1.165, 1.54) is 20.2 Å². The Bertz CT molecular complexity index is 578. The molecule has 20 heavy (non-hydrogen) atoms. The first-order chi connectivity index (χ1) is 8.51. The maximum Gasteiger partial charge on any atom is 0.246 e. The van der Waals surface area contributed by atoms with Crippen LogP contribution in [0.25, 0.3) is 0 Å². The van der Waals surface area contributed by atoms with Gasteiger partial charge in [-0.15, -0.1) is 12.4 Å². The van der Waals surface area contributed by atoms with E-state index < -0.39 is 10.0 Å². The average Bonchev–Trinajstić information content (AvgIpc) is 2.27. The van der Waals surface area contributed by atoms with E-state index in [4.69, 9.17) is 5.73 Å². The number of nitrogens with two attached hydrogens (primary N) is 1. The lowest BCUT2D eigenvalue weighted by molar-refractivity contribution is 0.444. The van der Waals surface area contributed by atoms with Crippen molar-refractivity contribution in [3.63, 3.8) is 0 Å². The van der Waals surface area contributed by atoms with Crippen LogP contribution in [0.15, 0.2) is 17.0 Å². The van der Waals surface area contributed by atoms with Crippen molar-refractivity contribution >= 4 is 22.4 Å². The molecule has 116 valence electrons. The Morgan fingerprint density at radius 3 is 2.10 bits per heavy atom. The molecule has 7 heteroatoms. The fourth-order valence-corrected chi connectivity index (χ4v) is 2.69.